The molecule has 0 aliphatic carbocycles. The molecule has 3 rings (SSSR count). The number of hydrogen-bond donors (Lipinski definition) is 0. The minimum atomic E-state index is -0.457. The standard InChI is InChI=1S/C22H29N3O4/c1-6-29-21(27)20-17-14-24(19(26)13-22(2,3)4)12-11-18(17)25(23-20)15-7-9-16(28-5)10-8-15/h7-10H,6,11-14H2,1-5H3. The maximum Gasteiger partial charge on any atom is 0.359 e. The minimum absolute atomic E-state index is 0.0887. The minimum Gasteiger partial charge on any atom is -0.497 e. The molecule has 1 aromatic carbocycles. The molecule has 2 heterocycles. The molecule has 0 N–H and O–H groups in total. The van der Waals surface area contributed by atoms with E-state index in [1.165, 1.54) is 0 Å². The van der Waals surface area contributed by atoms with Crippen LogP contribution < -0.4 is 4.74 Å². The molecule has 0 atom stereocenters. The lowest BCUT2D eigenvalue weighted by atomic mass is 9.91. The van der Waals surface area contributed by atoms with Gasteiger partial charge in [-0.05, 0) is 36.6 Å². The van der Waals surface area contributed by atoms with Crippen molar-refractivity contribution < 1.29 is 19.1 Å². The molecular formula is C22H29N3O4. The van der Waals surface area contributed by atoms with Crippen LogP contribution in [0.1, 0.15) is 55.9 Å². The van der Waals surface area contributed by atoms with E-state index in [2.05, 4.69) is 5.10 Å². The summed E-state index contributed by atoms with van der Waals surface area (Å²) in [5, 5.41) is 4.57. The average molecular weight is 399 g/mol. The topological polar surface area (TPSA) is 73.7 Å². The highest BCUT2D eigenvalue weighted by Gasteiger charge is 2.32. The molecule has 1 aromatic heterocycles. The number of ether oxygens (including phenoxy) is 2. The molecule has 1 aliphatic rings. The van der Waals surface area contributed by atoms with E-state index in [9.17, 15) is 9.59 Å². The van der Waals surface area contributed by atoms with Gasteiger partial charge in [-0.2, -0.15) is 5.10 Å². The quantitative estimate of drug-likeness (QED) is 0.721. The molecule has 1 amide bonds. The van der Waals surface area contributed by atoms with E-state index in [1.807, 2.05) is 49.9 Å². The Morgan fingerprint density at radius 2 is 1.86 bits per heavy atom. The van der Waals surface area contributed by atoms with Crippen LogP contribution in [-0.4, -0.2) is 46.8 Å². The number of hydrogen-bond acceptors (Lipinski definition) is 5. The molecule has 0 radical (unpaired) electrons. The van der Waals surface area contributed by atoms with Crippen molar-refractivity contribution in [1.82, 2.24) is 14.7 Å². The highest BCUT2D eigenvalue weighted by atomic mass is 16.5. The van der Waals surface area contributed by atoms with Gasteiger partial charge >= 0.3 is 5.97 Å². The third-order valence-corrected chi connectivity index (χ3v) is 4.88. The van der Waals surface area contributed by atoms with Gasteiger partial charge in [0.05, 0.1) is 25.1 Å². The highest BCUT2D eigenvalue weighted by molar-refractivity contribution is 5.90. The van der Waals surface area contributed by atoms with Gasteiger partial charge < -0.3 is 14.4 Å². The molecule has 0 bridgehead atoms. The first kappa shape index (κ1) is 20.9. The Morgan fingerprint density at radius 1 is 1.17 bits per heavy atom. The number of nitrogens with zero attached hydrogens (tertiary/aromatic N) is 3. The molecule has 7 heteroatoms. The first-order valence-electron chi connectivity index (χ1n) is 9.93. The van der Waals surface area contributed by atoms with Crippen LogP contribution in [0, 0.1) is 5.41 Å². The molecule has 2 aromatic rings. The van der Waals surface area contributed by atoms with Crippen molar-refractivity contribution in [2.24, 2.45) is 5.41 Å². The third-order valence-electron chi connectivity index (χ3n) is 4.88. The van der Waals surface area contributed by atoms with E-state index < -0.39 is 5.97 Å². The number of carbonyl (C=O) groups is 2. The summed E-state index contributed by atoms with van der Waals surface area (Å²) in [6.45, 7) is 9.16. The van der Waals surface area contributed by atoms with E-state index in [0.717, 1.165) is 22.7 Å². The van der Waals surface area contributed by atoms with Crippen molar-refractivity contribution in [2.45, 2.75) is 47.1 Å². The van der Waals surface area contributed by atoms with Gasteiger partial charge in [0.2, 0.25) is 5.91 Å². The van der Waals surface area contributed by atoms with Crippen LogP contribution in [0.15, 0.2) is 24.3 Å². The number of rotatable bonds is 5. The molecule has 156 valence electrons. The number of esters is 1. The van der Waals surface area contributed by atoms with Crippen LogP contribution >= 0.6 is 0 Å². The van der Waals surface area contributed by atoms with Crippen molar-refractivity contribution in [3.63, 3.8) is 0 Å². The first-order valence-corrected chi connectivity index (χ1v) is 9.93. The maximum absolute atomic E-state index is 12.7. The van der Waals surface area contributed by atoms with Crippen LogP contribution in [0.25, 0.3) is 5.69 Å². The van der Waals surface area contributed by atoms with Crippen LogP contribution in [0.4, 0.5) is 0 Å². The zero-order valence-electron chi connectivity index (χ0n) is 17.8. The predicted octanol–water partition coefficient (Wildman–Crippen LogP) is 3.38. The summed E-state index contributed by atoms with van der Waals surface area (Å²) < 4.78 is 12.2. The third kappa shape index (κ3) is 4.60. The van der Waals surface area contributed by atoms with Crippen molar-refractivity contribution in [2.75, 3.05) is 20.3 Å². The van der Waals surface area contributed by atoms with Gasteiger partial charge in [-0.25, -0.2) is 9.48 Å². The molecule has 0 fully saturated rings. The van der Waals surface area contributed by atoms with Gasteiger partial charge in [0.1, 0.15) is 5.75 Å². The second kappa shape index (κ2) is 8.27. The van der Waals surface area contributed by atoms with Gasteiger partial charge in [0.15, 0.2) is 5.69 Å². The van der Waals surface area contributed by atoms with E-state index in [1.54, 1.807) is 18.7 Å². The number of benzene rings is 1. The fourth-order valence-electron chi connectivity index (χ4n) is 3.50. The molecule has 29 heavy (non-hydrogen) atoms. The van der Waals surface area contributed by atoms with Crippen molar-refractivity contribution in [1.29, 1.82) is 0 Å². The Labute approximate surface area is 171 Å². The van der Waals surface area contributed by atoms with Gasteiger partial charge in [-0.1, -0.05) is 20.8 Å². The van der Waals surface area contributed by atoms with Gasteiger partial charge in [-0.15, -0.1) is 0 Å². The fourth-order valence-corrected chi connectivity index (χ4v) is 3.50. The molecule has 7 nitrogen and oxygen atoms in total. The SMILES string of the molecule is CCOC(=O)c1nn(-c2ccc(OC)cc2)c2c1CN(C(=O)CC(C)(C)C)CC2. The zero-order chi connectivity index (χ0) is 21.2. The van der Waals surface area contributed by atoms with Crippen molar-refractivity contribution in [3.8, 4) is 11.4 Å². The Balaban J connectivity index is 1.97. The highest BCUT2D eigenvalue weighted by Crippen LogP contribution is 2.29. The lowest BCUT2D eigenvalue weighted by Gasteiger charge is -2.30. The predicted molar refractivity (Wildman–Crippen MR) is 109 cm³/mol. The lowest BCUT2D eigenvalue weighted by molar-refractivity contribution is -0.134. The van der Waals surface area contributed by atoms with E-state index in [-0.39, 0.29) is 23.6 Å². The number of fused-ring (bicyclic) bond motifs is 1. The molecule has 0 saturated heterocycles. The van der Waals surface area contributed by atoms with Gasteiger partial charge in [-0.3, -0.25) is 4.79 Å². The van der Waals surface area contributed by atoms with Crippen LogP contribution in [0.3, 0.4) is 0 Å². The van der Waals surface area contributed by atoms with Crippen LogP contribution in [0.2, 0.25) is 0 Å². The second-order valence-corrected chi connectivity index (χ2v) is 8.41. The van der Waals surface area contributed by atoms with Gasteiger partial charge in [0, 0.05) is 31.5 Å². The van der Waals surface area contributed by atoms with E-state index >= 15 is 0 Å². The van der Waals surface area contributed by atoms with Crippen LogP contribution in [-0.2, 0) is 22.5 Å². The largest absolute Gasteiger partial charge is 0.497 e. The average Bonchev–Trinajstić information content (AvgIpc) is 3.06. The monoisotopic (exact) mass is 399 g/mol. The summed E-state index contributed by atoms with van der Waals surface area (Å²) in [6.07, 6.45) is 1.09. The normalized spacial score (nSPS) is 13.8. The number of methoxy groups -OCH3 is 1. The summed E-state index contributed by atoms with van der Waals surface area (Å²) in [5.74, 6) is 0.385. The summed E-state index contributed by atoms with van der Waals surface area (Å²) in [6, 6.07) is 7.52. The molecule has 0 spiro atoms. The smallest absolute Gasteiger partial charge is 0.359 e. The summed E-state index contributed by atoms with van der Waals surface area (Å²) in [7, 11) is 1.62. The lowest BCUT2D eigenvalue weighted by Crippen LogP contribution is -2.38. The Bertz CT molecular complexity index is 894. The maximum atomic E-state index is 12.7. The summed E-state index contributed by atoms with van der Waals surface area (Å²) >= 11 is 0. The Hall–Kier alpha value is -2.83. The van der Waals surface area contributed by atoms with Crippen molar-refractivity contribution in [3.05, 3.63) is 41.2 Å². The first-order chi connectivity index (χ1) is 13.7. The molecule has 0 unspecified atom stereocenters. The number of carbonyl (C=O) groups excluding carboxylic acids is 2. The second-order valence-electron chi connectivity index (χ2n) is 8.41. The summed E-state index contributed by atoms with van der Waals surface area (Å²) in [5.41, 5.74) is 2.75. The van der Waals surface area contributed by atoms with E-state index in [0.29, 0.717) is 25.9 Å². The van der Waals surface area contributed by atoms with Crippen LogP contribution in [0.5, 0.6) is 5.75 Å². The number of aromatic nitrogens is 2. The zero-order valence-corrected chi connectivity index (χ0v) is 17.8. The van der Waals surface area contributed by atoms with Crippen molar-refractivity contribution >= 4 is 11.9 Å². The fraction of sp³-hybridized carbons (Fsp3) is 0.500. The van der Waals surface area contributed by atoms with Gasteiger partial charge in [0.25, 0.3) is 0 Å². The molecular weight excluding hydrogens is 370 g/mol. The Kier molecular flexibility index (Phi) is 5.96. The Morgan fingerprint density at radius 3 is 2.45 bits per heavy atom. The molecule has 0 saturated carbocycles. The van der Waals surface area contributed by atoms with E-state index in [4.69, 9.17) is 9.47 Å². The number of amides is 1. The summed E-state index contributed by atoms with van der Waals surface area (Å²) in [4.78, 5) is 27.1. The molecule has 1 aliphatic heterocycles.